The number of hydrogen-bond donors (Lipinski definition) is 2. The number of carbonyl (C=O) groups excluding carboxylic acids is 2. The van der Waals surface area contributed by atoms with Crippen molar-refractivity contribution in [3.63, 3.8) is 0 Å². The van der Waals surface area contributed by atoms with Gasteiger partial charge in [-0.25, -0.2) is 0 Å². The first-order valence-electron chi connectivity index (χ1n) is 6.81. The van der Waals surface area contributed by atoms with E-state index in [9.17, 15) is 9.59 Å². The van der Waals surface area contributed by atoms with Crippen molar-refractivity contribution in [3.8, 4) is 0 Å². The molecule has 0 bridgehead atoms. The topological polar surface area (TPSA) is 58.2 Å². The monoisotopic (exact) mass is 240 g/mol. The van der Waals surface area contributed by atoms with Gasteiger partial charge in [0.15, 0.2) is 0 Å². The minimum Gasteiger partial charge on any atom is -0.306 e. The van der Waals surface area contributed by atoms with Crippen LogP contribution in [0.4, 0.5) is 0 Å². The van der Waals surface area contributed by atoms with Gasteiger partial charge in [0.2, 0.25) is 11.8 Å². The van der Waals surface area contributed by atoms with E-state index in [1.165, 1.54) is 32.1 Å². The van der Waals surface area contributed by atoms with Gasteiger partial charge in [-0.1, -0.05) is 39.0 Å². The van der Waals surface area contributed by atoms with Crippen molar-refractivity contribution in [3.05, 3.63) is 0 Å². The van der Waals surface area contributed by atoms with E-state index in [1.807, 2.05) is 0 Å². The largest absolute Gasteiger partial charge is 0.306 e. The lowest BCUT2D eigenvalue weighted by molar-refractivity contribution is -0.134. The predicted octanol–water partition coefficient (Wildman–Crippen LogP) is 1.74. The zero-order chi connectivity index (χ0) is 12.5. The van der Waals surface area contributed by atoms with E-state index in [4.69, 9.17) is 0 Å². The predicted molar refractivity (Wildman–Crippen MR) is 67.6 cm³/mol. The average Bonchev–Trinajstić information content (AvgIpc) is 2.30. The molecule has 17 heavy (non-hydrogen) atoms. The van der Waals surface area contributed by atoms with Crippen LogP contribution in [0.2, 0.25) is 0 Å². The van der Waals surface area contributed by atoms with Gasteiger partial charge in [-0.15, -0.1) is 0 Å². The summed E-state index contributed by atoms with van der Waals surface area (Å²) in [4.78, 5) is 22.4. The van der Waals surface area contributed by atoms with E-state index in [2.05, 4.69) is 17.6 Å². The smallest absolute Gasteiger partial charge is 0.243 e. The maximum atomic E-state index is 11.4. The van der Waals surface area contributed by atoms with Crippen molar-refractivity contribution in [1.29, 1.82) is 0 Å². The molecule has 1 unspecified atom stereocenters. The van der Waals surface area contributed by atoms with Gasteiger partial charge < -0.3 is 5.32 Å². The average molecular weight is 240 g/mol. The molecule has 1 saturated heterocycles. The molecule has 1 aliphatic heterocycles. The van der Waals surface area contributed by atoms with E-state index in [1.54, 1.807) is 0 Å². The third kappa shape index (κ3) is 5.82. The highest BCUT2D eigenvalue weighted by atomic mass is 16.2. The van der Waals surface area contributed by atoms with E-state index in [-0.39, 0.29) is 17.9 Å². The summed E-state index contributed by atoms with van der Waals surface area (Å²) in [6, 6.07) is -0.164. The van der Waals surface area contributed by atoms with Crippen molar-refractivity contribution in [2.24, 2.45) is 0 Å². The second-order valence-corrected chi connectivity index (χ2v) is 4.73. The van der Waals surface area contributed by atoms with Crippen LogP contribution < -0.4 is 10.6 Å². The number of unbranched alkanes of at least 4 members (excludes halogenated alkanes) is 5. The van der Waals surface area contributed by atoms with Crippen LogP contribution in [0.25, 0.3) is 0 Å². The molecule has 1 atom stereocenters. The fourth-order valence-electron chi connectivity index (χ4n) is 2.07. The normalized spacial score (nSPS) is 20.4. The van der Waals surface area contributed by atoms with Crippen LogP contribution in [-0.4, -0.2) is 24.4 Å². The first kappa shape index (κ1) is 14.2. The van der Waals surface area contributed by atoms with Crippen molar-refractivity contribution >= 4 is 11.8 Å². The first-order chi connectivity index (χ1) is 8.24. The Balaban J connectivity index is 1.99. The van der Waals surface area contributed by atoms with Crippen molar-refractivity contribution < 1.29 is 9.59 Å². The molecule has 0 aliphatic carbocycles. The number of carbonyl (C=O) groups is 2. The molecule has 1 heterocycles. The van der Waals surface area contributed by atoms with Gasteiger partial charge in [-0.3, -0.25) is 14.9 Å². The highest BCUT2D eigenvalue weighted by molar-refractivity contribution is 6.00. The lowest BCUT2D eigenvalue weighted by Crippen LogP contribution is -2.50. The molecule has 1 aliphatic rings. The van der Waals surface area contributed by atoms with Crippen LogP contribution in [0.15, 0.2) is 0 Å². The maximum Gasteiger partial charge on any atom is 0.243 e. The Morgan fingerprint density at radius 1 is 1.18 bits per heavy atom. The number of hydrogen-bond acceptors (Lipinski definition) is 3. The molecular formula is C13H24N2O2. The summed E-state index contributed by atoms with van der Waals surface area (Å²) in [5, 5.41) is 5.58. The molecule has 4 heteroatoms. The van der Waals surface area contributed by atoms with Gasteiger partial charge in [0.1, 0.15) is 0 Å². The van der Waals surface area contributed by atoms with Crippen LogP contribution in [0.5, 0.6) is 0 Å². The van der Waals surface area contributed by atoms with E-state index < -0.39 is 0 Å². The van der Waals surface area contributed by atoms with E-state index in [0.29, 0.717) is 12.8 Å². The number of nitrogens with one attached hydrogen (secondary N) is 2. The third-order valence-electron chi connectivity index (χ3n) is 3.16. The van der Waals surface area contributed by atoms with E-state index >= 15 is 0 Å². The summed E-state index contributed by atoms with van der Waals surface area (Å²) in [5.41, 5.74) is 0. The summed E-state index contributed by atoms with van der Waals surface area (Å²) in [6.45, 7) is 3.09. The molecule has 1 rings (SSSR count). The second-order valence-electron chi connectivity index (χ2n) is 4.73. The molecule has 2 N–H and O–H groups in total. The first-order valence-corrected chi connectivity index (χ1v) is 6.81. The quantitative estimate of drug-likeness (QED) is 0.502. The van der Waals surface area contributed by atoms with Gasteiger partial charge in [-0.05, 0) is 19.4 Å². The Morgan fingerprint density at radius 2 is 1.88 bits per heavy atom. The lowest BCUT2D eigenvalue weighted by Gasteiger charge is -2.21. The van der Waals surface area contributed by atoms with Crippen molar-refractivity contribution in [2.75, 3.05) is 6.54 Å². The zero-order valence-electron chi connectivity index (χ0n) is 10.8. The van der Waals surface area contributed by atoms with Gasteiger partial charge in [0.05, 0.1) is 6.04 Å². The summed E-state index contributed by atoms with van der Waals surface area (Å²) in [6.07, 6.45) is 8.62. The molecule has 0 spiro atoms. The summed E-state index contributed by atoms with van der Waals surface area (Å²) in [5.74, 6) is -0.306. The summed E-state index contributed by atoms with van der Waals surface area (Å²) >= 11 is 0. The highest BCUT2D eigenvalue weighted by Crippen LogP contribution is 2.06. The molecule has 2 amide bonds. The summed E-state index contributed by atoms with van der Waals surface area (Å²) in [7, 11) is 0. The van der Waals surface area contributed by atoms with Gasteiger partial charge >= 0.3 is 0 Å². The Morgan fingerprint density at radius 3 is 2.59 bits per heavy atom. The van der Waals surface area contributed by atoms with Crippen LogP contribution in [0.3, 0.4) is 0 Å². The third-order valence-corrected chi connectivity index (χ3v) is 3.16. The fourth-order valence-corrected chi connectivity index (χ4v) is 2.07. The second kappa shape index (κ2) is 8.23. The lowest BCUT2D eigenvalue weighted by atomic mass is 10.1. The van der Waals surface area contributed by atoms with Crippen LogP contribution in [0.1, 0.15) is 58.3 Å². The fraction of sp³-hybridized carbons (Fsp3) is 0.846. The Kier molecular flexibility index (Phi) is 6.86. The van der Waals surface area contributed by atoms with E-state index in [0.717, 1.165) is 13.0 Å². The SMILES string of the molecule is CCCCCCCCNC1CCC(=O)NC1=O. The number of rotatable bonds is 8. The molecule has 0 aromatic carbocycles. The molecule has 0 aromatic rings. The molecule has 0 saturated carbocycles. The van der Waals surface area contributed by atoms with Gasteiger partial charge in [0, 0.05) is 6.42 Å². The minimum absolute atomic E-state index is 0.146. The Labute approximate surface area is 104 Å². The molecule has 4 nitrogen and oxygen atoms in total. The van der Waals surface area contributed by atoms with Gasteiger partial charge in [0.25, 0.3) is 0 Å². The van der Waals surface area contributed by atoms with Crippen LogP contribution >= 0.6 is 0 Å². The summed E-state index contributed by atoms with van der Waals surface area (Å²) < 4.78 is 0. The molecular weight excluding hydrogens is 216 g/mol. The van der Waals surface area contributed by atoms with Crippen LogP contribution in [0, 0.1) is 0 Å². The standard InChI is InChI=1S/C13H24N2O2/c1-2-3-4-5-6-7-10-14-11-8-9-12(16)15-13(11)17/h11,14H,2-10H2,1H3,(H,15,16,17). The molecule has 98 valence electrons. The van der Waals surface area contributed by atoms with Gasteiger partial charge in [-0.2, -0.15) is 0 Å². The zero-order valence-corrected chi connectivity index (χ0v) is 10.8. The highest BCUT2D eigenvalue weighted by Gasteiger charge is 2.25. The van der Waals surface area contributed by atoms with Crippen molar-refractivity contribution in [1.82, 2.24) is 10.6 Å². The number of amides is 2. The Bertz CT molecular complexity index is 254. The number of imide groups is 1. The Hall–Kier alpha value is -0.900. The molecule has 0 radical (unpaired) electrons. The minimum atomic E-state index is -0.164. The molecule has 1 fully saturated rings. The molecule has 0 aromatic heterocycles. The maximum absolute atomic E-state index is 11.4. The van der Waals surface area contributed by atoms with Crippen molar-refractivity contribution in [2.45, 2.75) is 64.3 Å². The number of piperidine rings is 1. The van der Waals surface area contributed by atoms with Crippen LogP contribution in [-0.2, 0) is 9.59 Å².